The van der Waals surface area contributed by atoms with Crippen LogP contribution >= 0.6 is 0 Å². The highest BCUT2D eigenvalue weighted by atomic mass is 28.3. The van der Waals surface area contributed by atoms with E-state index in [2.05, 4.69) is 25.0 Å². The van der Waals surface area contributed by atoms with E-state index < -0.39 is 20.5 Å². The molecule has 0 spiro atoms. The summed E-state index contributed by atoms with van der Waals surface area (Å²) in [6.45, 7) is 9.93. The van der Waals surface area contributed by atoms with Gasteiger partial charge in [0.15, 0.2) is 6.29 Å². The number of carbonyl (C=O) groups is 2. The van der Waals surface area contributed by atoms with E-state index in [4.69, 9.17) is 14.2 Å². The maximum atomic E-state index is 11.6. The first kappa shape index (κ1) is 22.1. The van der Waals surface area contributed by atoms with Gasteiger partial charge in [-0.25, -0.2) is 4.79 Å². The SMILES string of the molecule is CC1CCCCC(C=O)CC(OCCNC(=O)OCC[Si](C)(C)C)O1. The van der Waals surface area contributed by atoms with Crippen LogP contribution in [0.15, 0.2) is 0 Å². The van der Waals surface area contributed by atoms with E-state index in [1.54, 1.807) is 0 Å². The Labute approximate surface area is 153 Å². The molecular formula is C18H35NO5Si. The lowest BCUT2D eigenvalue weighted by Crippen LogP contribution is -2.32. The lowest BCUT2D eigenvalue weighted by Gasteiger charge is -2.23. The Balaban J connectivity index is 2.25. The Morgan fingerprint density at radius 2 is 1.96 bits per heavy atom. The lowest BCUT2D eigenvalue weighted by atomic mass is 9.99. The first-order valence-electron chi connectivity index (χ1n) is 9.43. The second-order valence-electron chi connectivity index (χ2n) is 8.04. The minimum Gasteiger partial charge on any atom is -0.450 e. The molecule has 3 atom stereocenters. The van der Waals surface area contributed by atoms with Crippen molar-refractivity contribution >= 4 is 20.5 Å². The van der Waals surface area contributed by atoms with Gasteiger partial charge < -0.3 is 24.3 Å². The van der Waals surface area contributed by atoms with Crippen molar-refractivity contribution in [3.63, 3.8) is 0 Å². The summed E-state index contributed by atoms with van der Waals surface area (Å²) >= 11 is 0. The van der Waals surface area contributed by atoms with E-state index in [1.165, 1.54) is 0 Å². The summed E-state index contributed by atoms with van der Waals surface area (Å²) in [5.74, 6) is -0.0187. The number of amides is 1. The molecule has 146 valence electrons. The van der Waals surface area contributed by atoms with Crippen molar-refractivity contribution in [3.8, 4) is 0 Å². The third kappa shape index (κ3) is 11.3. The molecule has 0 aromatic heterocycles. The van der Waals surface area contributed by atoms with Gasteiger partial charge in [0.25, 0.3) is 0 Å². The third-order valence-electron chi connectivity index (χ3n) is 4.27. The molecule has 1 rings (SSSR count). The smallest absolute Gasteiger partial charge is 0.407 e. The first-order chi connectivity index (χ1) is 11.8. The number of rotatable bonds is 8. The van der Waals surface area contributed by atoms with E-state index in [1.807, 2.05) is 6.92 Å². The normalized spacial score (nSPS) is 25.4. The predicted molar refractivity (Wildman–Crippen MR) is 100 cm³/mol. The van der Waals surface area contributed by atoms with Crippen molar-refractivity contribution in [1.82, 2.24) is 5.32 Å². The number of aldehydes is 1. The molecule has 1 N–H and O–H groups in total. The molecule has 1 saturated heterocycles. The van der Waals surface area contributed by atoms with Crippen molar-refractivity contribution in [2.45, 2.75) is 77.1 Å². The Morgan fingerprint density at radius 3 is 2.64 bits per heavy atom. The van der Waals surface area contributed by atoms with E-state index in [0.29, 0.717) is 26.2 Å². The molecule has 0 aromatic carbocycles. The summed E-state index contributed by atoms with van der Waals surface area (Å²) < 4.78 is 16.8. The number of nitrogens with one attached hydrogen (secondary N) is 1. The van der Waals surface area contributed by atoms with Gasteiger partial charge in [0.1, 0.15) is 6.29 Å². The molecule has 25 heavy (non-hydrogen) atoms. The molecule has 1 fully saturated rings. The zero-order valence-electron chi connectivity index (χ0n) is 16.2. The van der Waals surface area contributed by atoms with Gasteiger partial charge in [-0.05, 0) is 25.8 Å². The standard InChI is InChI=1S/C18H35NO5Si/c1-15-7-5-6-8-16(14-20)13-17(24-15)22-10-9-19-18(21)23-11-12-25(2,3)4/h14-17H,5-13H2,1-4H3,(H,19,21). The van der Waals surface area contributed by atoms with Gasteiger partial charge in [-0.3, -0.25) is 0 Å². The Bertz CT molecular complexity index is 399. The first-order valence-corrected chi connectivity index (χ1v) is 13.1. The molecule has 3 unspecified atom stereocenters. The summed E-state index contributed by atoms with van der Waals surface area (Å²) in [6, 6.07) is 0.956. The minimum absolute atomic E-state index is 0.0187. The highest BCUT2D eigenvalue weighted by Crippen LogP contribution is 2.22. The Morgan fingerprint density at radius 1 is 1.24 bits per heavy atom. The number of hydrogen-bond acceptors (Lipinski definition) is 5. The highest BCUT2D eigenvalue weighted by molar-refractivity contribution is 6.76. The Kier molecular flexibility index (Phi) is 10.3. The van der Waals surface area contributed by atoms with Crippen LogP contribution in [0.3, 0.4) is 0 Å². The molecule has 1 aliphatic heterocycles. The lowest BCUT2D eigenvalue weighted by molar-refractivity contribution is -0.174. The maximum absolute atomic E-state index is 11.6. The quantitative estimate of drug-likeness (QED) is 0.400. The number of alkyl carbamates (subject to hydrolysis) is 1. The van der Waals surface area contributed by atoms with Gasteiger partial charge in [-0.15, -0.1) is 0 Å². The maximum Gasteiger partial charge on any atom is 0.407 e. The summed E-state index contributed by atoms with van der Waals surface area (Å²) in [6.07, 6.45) is 4.89. The van der Waals surface area contributed by atoms with Crippen LogP contribution in [0.25, 0.3) is 0 Å². The average molecular weight is 374 g/mol. The van der Waals surface area contributed by atoms with Gasteiger partial charge >= 0.3 is 6.09 Å². The highest BCUT2D eigenvalue weighted by Gasteiger charge is 2.21. The molecule has 1 amide bonds. The fraction of sp³-hybridized carbons (Fsp3) is 0.889. The largest absolute Gasteiger partial charge is 0.450 e. The van der Waals surface area contributed by atoms with Crippen LogP contribution < -0.4 is 5.32 Å². The second-order valence-corrected chi connectivity index (χ2v) is 13.7. The monoisotopic (exact) mass is 373 g/mol. The van der Waals surface area contributed by atoms with Crippen molar-refractivity contribution in [1.29, 1.82) is 0 Å². The molecule has 0 aromatic rings. The van der Waals surface area contributed by atoms with E-state index in [0.717, 1.165) is 38.0 Å². The molecule has 0 saturated carbocycles. The molecule has 0 bridgehead atoms. The molecule has 1 heterocycles. The van der Waals surface area contributed by atoms with Crippen molar-refractivity contribution in [3.05, 3.63) is 0 Å². The summed E-state index contributed by atoms with van der Waals surface area (Å²) in [7, 11) is -1.19. The average Bonchev–Trinajstić information content (AvgIpc) is 2.60. The van der Waals surface area contributed by atoms with Gasteiger partial charge in [0, 0.05) is 27.0 Å². The zero-order chi connectivity index (χ0) is 18.7. The zero-order valence-corrected chi connectivity index (χ0v) is 17.2. The molecule has 7 heteroatoms. The summed E-state index contributed by atoms with van der Waals surface area (Å²) in [4.78, 5) is 22.8. The topological polar surface area (TPSA) is 73.9 Å². The third-order valence-corrected chi connectivity index (χ3v) is 5.97. The molecule has 1 aliphatic rings. The summed E-state index contributed by atoms with van der Waals surface area (Å²) in [5.41, 5.74) is 0. The minimum atomic E-state index is -1.19. The van der Waals surface area contributed by atoms with Gasteiger partial charge in [0.2, 0.25) is 0 Å². The molecule has 0 aliphatic carbocycles. The van der Waals surface area contributed by atoms with E-state index in [9.17, 15) is 9.59 Å². The fourth-order valence-corrected chi connectivity index (χ4v) is 3.38. The van der Waals surface area contributed by atoms with Crippen LogP contribution in [0.1, 0.15) is 39.0 Å². The van der Waals surface area contributed by atoms with Crippen LogP contribution in [0.4, 0.5) is 4.79 Å². The van der Waals surface area contributed by atoms with Gasteiger partial charge in [0.05, 0.1) is 19.3 Å². The van der Waals surface area contributed by atoms with Gasteiger partial charge in [-0.1, -0.05) is 32.5 Å². The molecule has 0 radical (unpaired) electrons. The van der Waals surface area contributed by atoms with Crippen molar-refractivity contribution in [2.75, 3.05) is 19.8 Å². The number of ether oxygens (including phenoxy) is 3. The van der Waals surface area contributed by atoms with Crippen molar-refractivity contribution in [2.24, 2.45) is 5.92 Å². The van der Waals surface area contributed by atoms with Crippen LogP contribution in [-0.2, 0) is 19.0 Å². The van der Waals surface area contributed by atoms with Crippen LogP contribution in [0, 0.1) is 5.92 Å². The van der Waals surface area contributed by atoms with E-state index in [-0.39, 0.29) is 12.0 Å². The van der Waals surface area contributed by atoms with Crippen LogP contribution in [0.2, 0.25) is 25.7 Å². The molecule has 6 nitrogen and oxygen atoms in total. The van der Waals surface area contributed by atoms with E-state index >= 15 is 0 Å². The van der Waals surface area contributed by atoms with Crippen molar-refractivity contribution < 1.29 is 23.8 Å². The summed E-state index contributed by atoms with van der Waals surface area (Å²) in [5, 5.41) is 2.69. The van der Waals surface area contributed by atoms with Gasteiger partial charge in [-0.2, -0.15) is 0 Å². The van der Waals surface area contributed by atoms with Crippen LogP contribution in [-0.4, -0.2) is 52.6 Å². The fourth-order valence-electron chi connectivity index (χ4n) is 2.66. The van der Waals surface area contributed by atoms with Crippen LogP contribution in [0.5, 0.6) is 0 Å². The Hall–Kier alpha value is -0.923. The number of hydrogen-bond donors (Lipinski definition) is 1. The predicted octanol–water partition coefficient (Wildman–Crippen LogP) is 3.58. The second kappa shape index (κ2) is 11.6. The molecular weight excluding hydrogens is 338 g/mol. The number of carbonyl (C=O) groups excluding carboxylic acids is 2.